The van der Waals surface area contributed by atoms with E-state index in [1.807, 2.05) is 34.1 Å². The van der Waals surface area contributed by atoms with Crippen LogP contribution in [-0.4, -0.2) is 61.5 Å². The summed E-state index contributed by atoms with van der Waals surface area (Å²) in [5.41, 5.74) is 0.745. The van der Waals surface area contributed by atoms with E-state index in [0.717, 1.165) is 9.13 Å². The molecule has 20 heavy (non-hydrogen) atoms. The Morgan fingerprint density at radius 3 is 2.45 bits per heavy atom. The molecular formula is C14H17IN2O3. The fourth-order valence-corrected chi connectivity index (χ4v) is 2.78. The summed E-state index contributed by atoms with van der Waals surface area (Å²) in [6.07, 6.45) is 0. The fraction of sp³-hybridized carbons (Fsp3) is 0.429. The van der Waals surface area contributed by atoms with Crippen molar-refractivity contribution in [3.8, 4) is 0 Å². The molecule has 0 N–H and O–H groups in total. The molecule has 108 valence electrons. The Labute approximate surface area is 132 Å². The third-order valence-electron chi connectivity index (χ3n) is 3.34. The number of carbonyl (C=O) groups excluding carboxylic acids is 2. The van der Waals surface area contributed by atoms with E-state index >= 15 is 0 Å². The average Bonchev–Trinajstić information content (AvgIpc) is 2.47. The van der Waals surface area contributed by atoms with Crippen LogP contribution in [0.25, 0.3) is 0 Å². The van der Waals surface area contributed by atoms with Gasteiger partial charge in [-0.15, -0.1) is 0 Å². The first-order valence-corrected chi connectivity index (χ1v) is 7.52. The molecule has 1 saturated heterocycles. The van der Waals surface area contributed by atoms with Crippen molar-refractivity contribution in [3.05, 3.63) is 33.4 Å². The van der Waals surface area contributed by atoms with Crippen LogP contribution in [0.4, 0.5) is 0 Å². The van der Waals surface area contributed by atoms with Gasteiger partial charge in [0.25, 0.3) is 5.91 Å². The standard InChI is InChI=1S/C14H17IN2O3/c1-20-13(18)10-16-6-8-17(9-7-16)14(19)11-4-2-3-5-12(11)15/h2-5H,6-10H2,1H3. The molecule has 5 nitrogen and oxygen atoms in total. The van der Waals surface area contributed by atoms with Gasteiger partial charge in [0.05, 0.1) is 19.2 Å². The first-order valence-electron chi connectivity index (χ1n) is 6.45. The lowest BCUT2D eigenvalue weighted by Crippen LogP contribution is -2.50. The number of amides is 1. The Hall–Kier alpha value is -1.15. The molecule has 1 aliphatic heterocycles. The lowest BCUT2D eigenvalue weighted by molar-refractivity contribution is -0.142. The SMILES string of the molecule is COC(=O)CN1CCN(C(=O)c2ccccc2I)CC1. The van der Waals surface area contributed by atoms with Crippen LogP contribution >= 0.6 is 22.6 Å². The Morgan fingerprint density at radius 2 is 1.85 bits per heavy atom. The molecule has 1 aliphatic rings. The van der Waals surface area contributed by atoms with Crippen LogP contribution in [0.3, 0.4) is 0 Å². The number of benzene rings is 1. The quantitative estimate of drug-likeness (QED) is 0.578. The number of carbonyl (C=O) groups is 2. The fourth-order valence-electron chi connectivity index (χ4n) is 2.16. The van der Waals surface area contributed by atoms with Gasteiger partial charge in [-0.3, -0.25) is 14.5 Å². The summed E-state index contributed by atoms with van der Waals surface area (Å²) in [7, 11) is 1.39. The molecule has 6 heteroatoms. The summed E-state index contributed by atoms with van der Waals surface area (Å²) < 4.78 is 5.62. The summed E-state index contributed by atoms with van der Waals surface area (Å²) >= 11 is 2.18. The van der Waals surface area contributed by atoms with Crippen LogP contribution in [0.2, 0.25) is 0 Å². The molecule has 1 fully saturated rings. The summed E-state index contributed by atoms with van der Waals surface area (Å²) in [6.45, 7) is 2.97. The van der Waals surface area contributed by atoms with E-state index in [0.29, 0.717) is 32.7 Å². The number of ether oxygens (including phenoxy) is 1. The first-order chi connectivity index (χ1) is 9.61. The van der Waals surface area contributed by atoms with Crippen molar-refractivity contribution in [2.24, 2.45) is 0 Å². The highest BCUT2D eigenvalue weighted by Crippen LogP contribution is 2.15. The third kappa shape index (κ3) is 3.69. The van der Waals surface area contributed by atoms with Crippen molar-refractivity contribution in [1.82, 2.24) is 9.80 Å². The van der Waals surface area contributed by atoms with E-state index in [-0.39, 0.29) is 11.9 Å². The summed E-state index contributed by atoms with van der Waals surface area (Å²) in [6, 6.07) is 7.59. The van der Waals surface area contributed by atoms with Crippen molar-refractivity contribution in [2.75, 3.05) is 39.8 Å². The van der Waals surface area contributed by atoms with Crippen molar-refractivity contribution in [2.45, 2.75) is 0 Å². The van der Waals surface area contributed by atoms with E-state index in [2.05, 4.69) is 27.3 Å². The second-order valence-corrected chi connectivity index (χ2v) is 5.79. The number of piperazine rings is 1. The van der Waals surface area contributed by atoms with Crippen LogP contribution in [0.1, 0.15) is 10.4 Å². The minimum atomic E-state index is -0.234. The van der Waals surface area contributed by atoms with E-state index in [1.54, 1.807) is 0 Å². The number of esters is 1. The molecule has 0 saturated carbocycles. The predicted octanol–water partition coefficient (Wildman–Crippen LogP) is 1.22. The zero-order valence-electron chi connectivity index (χ0n) is 11.3. The zero-order chi connectivity index (χ0) is 14.5. The summed E-state index contributed by atoms with van der Waals surface area (Å²) in [4.78, 5) is 27.5. The second-order valence-electron chi connectivity index (χ2n) is 4.62. The second kappa shape index (κ2) is 7.03. The average molecular weight is 388 g/mol. The number of methoxy groups -OCH3 is 1. The normalized spacial score (nSPS) is 16.0. The van der Waals surface area contributed by atoms with Gasteiger partial charge in [-0.05, 0) is 34.7 Å². The topological polar surface area (TPSA) is 49.9 Å². The van der Waals surface area contributed by atoms with Gasteiger partial charge in [0.15, 0.2) is 0 Å². The van der Waals surface area contributed by atoms with Crippen molar-refractivity contribution < 1.29 is 14.3 Å². The monoisotopic (exact) mass is 388 g/mol. The van der Waals surface area contributed by atoms with E-state index in [4.69, 9.17) is 0 Å². The number of hydrogen-bond acceptors (Lipinski definition) is 4. The van der Waals surface area contributed by atoms with Gasteiger partial charge in [-0.2, -0.15) is 0 Å². The van der Waals surface area contributed by atoms with Crippen LogP contribution < -0.4 is 0 Å². The summed E-state index contributed by atoms with van der Waals surface area (Å²) in [5.74, 6) is -0.171. The Morgan fingerprint density at radius 1 is 1.20 bits per heavy atom. The van der Waals surface area contributed by atoms with Gasteiger partial charge in [-0.25, -0.2) is 0 Å². The molecule has 1 aromatic rings. The molecule has 0 radical (unpaired) electrons. The zero-order valence-corrected chi connectivity index (χ0v) is 13.5. The van der Waals surface area contributed by atoms with Gasteiger partial charge in [0.1, 0.15) is 0 Å². The molecule has 2 rings (SSSR count). The summed E-state index contributed by atoms with van der Waals surface area (Å²) in [5, 5.41) is 0. The van der Waals surface area contributed by atoms with Gasteiger partial charge in [0, 0.05) is 29.7 Å². The van der Waals surface area contributed by atoms with Gasteiger partial charge >= 0.3 is 5.97 Å². The van der Waals surface area contributed by atoms with Gasteiger partial charge in [-0.1, -0.05) is 12.1 Å². The van der Waals surface area contributed by atoms with Crippen molar-refractivity contribution in [3.63, 3.8) is 0 Å². The van der Waals surface area contributed by atoms with Gasteiger partial charge < -0.3 is 9.64 Å². The Bertz CT molecular complexity index is 499. The molecule has 0 spiro atoms. The maximum absolute atomic E-state index is 12.4. The van der Waals surface area contributed by atoms with Crippen LogP contribution in [-0.2, 0) is 9.53 Å². The van der Waals surface area contributed by atoms with E-state index in [1.165, 1.54) is 7.11 Å². The highest BCUT2D eigenvalue weighted by Gasteiger charge is 2.24. The maximum atomic E-state index is 12.4. The van der Waals surface area contributed by atoms with Crippen LogP contribution in [0.15, 0.2) is 24.3 Å². The number of nitrogens with zero attached hydrogens (tertiary/aromatic N) is 2. The minimum absolute atomic E-state index is 0.0627. The molecular weight excluding hydrogens is 371 g/mol. The molecule has 1 aromatic carbocycles. The molecule has 0 atom stereocenters. The highest BCUT2D eigenvalue weighted by atomic mass is 127. The third-order valence-corrected chi connectivity index (χ3v) is 4.28. The highest BCUT2D eigenvalue weighted by molar-refractivity contribution is 14.1. The molecule has 0 unspecified atom stereocenters. The largest absolute Gasteiger partial charge is 0.468 e. The minimum Gasteiger partial charge on any atom is -0.468 e. The van der Waals surface area contributed by atoms with Gasteiger partial charge in [0.2, 0.25) is 0 Å². The lowest BCUT2D eigenvalue weighted by Gasteiger charge is -2.34. The lowest BCUT2D eigenvalue weighted by atomic mass is 10.2. The number of rotatable bonds is 3. The maximum Gasteiger partial charge on any atom is 0.319 e. The smallest absolute Gasteiger partial charge is 0.319 e. The van der Waals surface area contributed by atoms with Crippen LogP contribution in [0.5, 0.6) is 0 Å². The van der Waals surface area contributed by atoms with Crippen molar-refractivity contribution in [1.29, 1.82) is 0 Å². The molecule has 1 amide bonds. The van der Waals surface area contributed by atoms with Crippen molar-refractivity contribution >= 4 is 34.5 Å². The molecule has 1 heterocycles. The Kier molecular flexibility index (Phi) is 5.36. The van der Waals surface area contributed by atoms with E-state index in [9.17, 15) is 9.59 Å². The van der Waals surface area contributed by atoms with E-state index < -0.39 is 0 Å². The number of halogens is 1. The number of hydrogen-bond donors (Lipinski definition) is 0. The predicted molar refractivity (Wildman–Crippen MR) is 83.5 cm³/mol. The molecule has 0 aromatic heterocycles. The first kappa shape index (κ1) is 15.2. The molecule has 0 aliphatic carbocycles. The Balaban J connectivity index is 1.92. The van der Waals surface area contributed by atoms with Crippen LogP contribution in [0, 0.1) is 3.57 Å². The molecule has 0 bridgehead atoms.